The fourth-order valence-electron chi connectivity index (χ4n) is 3.90. The van der Waals surface area contributed by atoms with Gasteiger partial charge in [-0.15, -0.1) is 0 Å². The average molecular weight is 288 g/mol. The predicted molar refractivity (Wildman–Crippen MR) is 82.5 cm³/mol. The molecule has 21 heavy (non-hydrogen) atoms. The van der Waals surface area contributed by atoms with Crippen LogP contribution in [0.2, 0.25) is 0 Å². The van der Waals surface area contributed by atoms with Crippen molar-refractivity contribution in [3.63, 3.8) is 0 Å². The molecule has 2 fully saturated rings. The fraction of sp³-hybridized carbons (Fsp3) is 0.647. The van der Waals surface area contributed by atoms with E-state index in [1.54, 1.807) is 6.20 Å². The van der Waals surface area contributed by atoms with E-state index in [0.717, 1.165) is 31.6 Å². The lowest BCUT2D eigenvalue weighted by Crippen LogP contribution is -2.45. The molecule has 1 N–H and O–H groups in total. The van der Waals surface area contributed by atoms with Gasteiger partial charge in [-0.3, -0.25) is 9.59 Å². The molecule has 0 bridgehead atoms. The lowest BCUT2D eigenvalue weighted by atomic mass is 9.68. The average Bonchev–Trinajstić information content (AvgIpc) is 2.48. The molecule has 0 atom stereocenters. The van der Waals surface area contributed by atoms with Gasteiger partial charge >= 0.3 is 0 Å². The standard InChI is InChI=1S/C17H24N2O2/c1-13-11-15(20)14(12-18-13)16(21)19-9-7-17(8-10-19)5-3-2-4-6-17/h11-12H,2-10H2,1H3,(H,18,20). The number of carbonyl (C=O) groups is 1. The summed E-state index contributed by atoms with van der Waals surface area (Å²) in [7, 11) is 0. The van der Waals surface area contributed by atoms with Crippen LogP contribution in [-0.4, -0.2) is 28.9 Å². The number of aromatic nitrogens is 1. The predicted octanol–water partition coefficient (Wildman–Crippen LogP) is 2.87. The molecule has 1 amide bonds. The first-order chi connectivity index (χ1) is 10.1. The SMILES string of the molecule is Cc1cc(=O)c(C(=O)N2CCC3(CCCCC3)CC2)c[nH]1. The van der Waals surface area contributed by atoms with Crippen molar-refractivity contribution in [2.45, 2.75) is 51.9 Å². The van der Waals surface area contributed by atoms with Gasteiger partial charge in [0.1, 0.15) is 5.56 Å². The van der Waals surface area contributed by atoms with Crippen molar-refractivity contribution in [2.24, 2.45) is 5.41 Å². The number of amides is 1. The topological polar surface area (TPSA) is 53.2 Å². The van der Waals surface area contributed by atoms with E-state index < -0.39 is 0 Å². The summed E-state index contributed by atoms with van der Waals surface area (Å²) in [5.41, 5.74) is 1.38. The molecule has 1 aromatic heterocycles. The molecule has 0 aromatic carbocycles. The molecule has 1 saturated carbocycles. The van der Waals surface area contributed by atoms with Crippen LogP contribution in [0.3, 0.4) is 0 Å². The highest BCUT2D eigenvalue weighted by molar-refractivity contribution is 5.93. The van der Waals surface area contributed by atoms with Gasteiger partial charge in [-0.05, 0) is 38.0 Å². The van der Waals surface area contributed by atoms with Crippen molar-refractivity contribution < 1.29 is 4.79 Å². The second-order valence-corrected chi connectivity index (χ2v) is 6.75. The summed E-state index contributed by atoms with van der Waals surface area (Å²) < 4.78 is 0. The molecule has 1 spiro atoms. The van der Waals surface area contributed by atoms with Crippen molar-refractivity contribution in [3.8, 4) is 0 Å². The van der Waals surface area contributed by atoms with Crippen molar-refractivity contribution >= 4 is 5.91 Å². The monoisotopic (exact) mass is 288 g/mol. The molecule has 1 aliphatic carbocycles. The van der Waals surface area contributed by atoms with Gasteiger partial charge in [0.05, 0.1) is 0 Å². The van der Waals surface area contributed by atoms with Crippen molar-refractivity contribution in [1.82, 2.24) is 9.88 Å². The Kier molecular flexibility index (Phi) is 3.87. The number of aryl methyl sites for hydroxylation is 1. The molecule has 1 saturated heterocycles. The molecule has 2 heterocycles. The number of likely N-dealkylation sites (tertiary alicyclic amines) is 1. The Balaban J connectivity index is 1.69. The lowest BCUT2D eigenvalue weighted by molar-refractivity contribution is 0.0470. The van der Waals surface area contributed by atoms with E-state index >= 15 is 0 Å². The number of rotatable bonds is 1. The van der Waals surface area contributed by atoms with Crippen LogP contribution in [0.1, 0.15) is 61.0 Å². The van der Waals surface area contributed by atoms with Crippen LogP contribution in [0.15, 0.2) is 17.1 Å². The van der Waals surface area contributed by atoms with E-state index in [1.165, 1.54) is 38.2 Å². The number of hydrogen-bond acceptors (Lipinski definition) is 2. The second-order valence-electron chi connectivity index (χ2n) is 6.75. The Labute approximate surface area is 125 Å². The summed E-state index contributed by atoms with van der Waals surface area (Å²) in [5.74, 6) is -0.109. The van der Waals surface area contributed by atoms with Crippen LogP contribution >= 0.6 is 0 Å². The second kappa shape index (κ2) is 5.66. The molecule has 3 rings (SSSR count). The first kappa shape index (κ1) is 14.4. The number of carbonyl (C=O) groups excluding carboxylic acids is 1. The summed E-state index contributed by atoms with van der Waals surface area (Å²) in [6.07, 6.45) is 10.4. The maximum absolute atomic E-state index is 12.5. The van der Waals surface area contributed by atoms with Crippen LogP contribution in [-0.2, 0) is 0 Å². The molecule has 0 unspecified atom stereocenters. The van der Waals surface area contributed by atoms with E-state index in [0.29, 0.717) is 5.41 Å². The first-order valence-electron chi connectivity index (χ1n) is 8.08. The van der Waals surface area contributed by atoms with Gasteiger partial charge in [0.25, 0.3) is 5.91 Å². The Bertz CT molecular complexity index is 575. The van der Waals surface area contributed by atoms with Gasteiger partial charge in [-0.1, -0.05) is 19.3 Å². The number of H-pyrrole nitrogens is 1. The number of pyridine rings is 1. The Morgan fingerprint density at radius 3 is 2.43 bits per heavy atom. The minimum atomic E-state index is -0.172. The Morgan fingerprint density at radius 1 is 1.14 bits per heavy atom. The van der Waals surface area contributed by atoms with Crippen LogP contribution in [0.25, 0.3) is 0 Å². The van der Waals surface area contributed by atoms with E-state index in [2.05, 4.69) is 4.98 Å². The zero-order chi connectivity index (χ0) is 14.9. The van der Waals surface area contributed by atoms with Crippen molar-refractivity contribution in [1.29, 1.82) is 0 Å². The van der Waals surface area contributed by atoms with Gasteiger partial charge in [-0.25, -0.2) is 0 Å². The van der Waals surface area contributed by atoms with E-state index in [9.17, 15) is 9.59 Å². The first-order valence-corrected chi connectivity index (χ1v) is 8.08. The molecule has 2 aliphatic rings. The zero-order valence-electron chi connectivity index (χ0n) is 12.8. The molecule has 4 nitrogen and oxygen atoms in total. The molecular weight excluding hydrogens is 264 g/mol. The van der Waals surface area contributed by atoms with Gasteiger partial charge in [0, 0.05) is 31.0 Å². The summed E-state index contributed by atoms with van der Waals surface area (Å²) in [6.45, 7) is 3.42. The quantitative estimate of drug-likeness (QED) is 0.864. The third kappa shape index (κ3) is 2.89. The van der Waals surface area contributed by atoms with Gasteiger partial charge in [-0.2, -0.15) is 0 Å². The van der Waals surface area contributed by atoms with E-state index in [1.807, 2.05) is 11.8 Å². The van der Waals surface area contributed by atoms with E-state index in [4.69, 9.17) is 0 Å². The summed E-state index contributed by atoms with van der Waals surface area (Å²) >= 11 is 0. The van der Waals surface area contributed by atoms with Gasteiger partial charge < -0.3 is 9.88 Å². The Hall–Kier alpha value is -1.58. The highest BCUT2D eigenvalue weighted by Crippen LogP contribution is 2.44. The minimum Gasteiger partial charge on any atom is -0.364 e. The van der Waals surface area contributed by atoms with Crippen LogP contribution in [0.4, 0.5) is 0 Å². The van der Waals surface area contributed by atoms with Crippen molar-refractivity contribution in [2.75, 3.05) is 13.1 Å². The lowest BCUT2D eigenvalue weighted by Gasteiger charge is -2.44. The molecule has 4 heteroatoms. The third-order valence-corrected chi connectivity index (χ3v) is 5.31. The summed E-state index contributed by atoms with van der Waals surface area (Å²) in [6, 6.07) is 1.50. The summed E-state index contributed by atoms with van der Waals surface area (Å²) in [4.78, 5) is 29.3. The number of nitrogens with zero attached hydrogens (tertiary/aromatic N) is 1. The maximum Gasteiger partial charge on any atom is 0.259 e. The number of nitrogens with one attached hydrogen (secondary N) is 1. The molecule has 1 aromatic rings. The Morgan fingerprint density at radius 2 is 1.81 bits per heavy atom. The molecular formula is C17H24N2O2. The molecule has 1 aliphatic heterocycles. The summed E-state index contributed by atoms with van der Waals surface area (Å²) in [5, 5.41) is 0. The van der Waals surface area contributed by atoms with Gasteiger partial charge in [0.2, 0.25) is 0 Å². The smallest absolute Gasteiger partial charge is 0.259 e. The zero-order valence-corrected chi connectivity index (χ0v) is 12.8. The fourth-order valence-corrected chi connectivity index (χ4v) is 3.90. The number of aromatic amines is 1. The highest BCUT2D eigenvalue weighted by atomic mass is 16.2. The number of piperidine rings is 1. The molecule has 114 valence electrons. The maximum atomic E-state index is 12.5. The van der Waals surface area contributed by atoms with Crippen LogP contribution < -0.4 is 5.43 Å². The normalized spacial score (nSPS) is 21.5. The molecule has 0 radical (unpaired) electrons. The van der Waals surface area contributed by atoms with Crippen molar-refractivity contribution in [3.05, 3.63) is 33.7 Å². The highest BCUT2D eigenvalue weighted by Gasteiger charge is 2.37. The van der Waals surface area contributed by atoms with Crippen LogP contribution in [0.5, 0.6) is 0 Å². The van der Waals surface area contributed by atoms with Gasteiger partial charge in [0.15, 0.2) is 5.43 Å². The van der Waals surface area contributed by atoms with E-state index in [-0.39, 0.29) is 16.9 Å². The largest absolute Gasteiger partial charge is 0.364 e. The van der Waals surface area contributed by atoms with Crippen LogP contribution in [0, 0.1) is 12.3 Å². The third-order valence-electron chi connectivity index (χ3n) is 5.31. The minimum absolute atomic E-state index is 0.109. The number of hydrogen-bond donors (Lipinski definition) is 1.